The molecule has 0 fully saturated rings. The van der Waals surface area contributed by atoms with E-state index in [1.54, 1.807) is 0 Å². The van der Waals surface area contributed by atoms with Crippen LogP contribution in [0, 0.1) is 0 Å². The van der Waals surface area contributed by atoms with Gasteiger partial charge in [0.1, 0.15) is 0 Å². The molecule has 56 valence electrons. The van der Waals surface area contributed by atoms with Crippen molar-refractivity contribution in [3.63, 3.8) is 0 Å². The highest BCUT2D eigenvalue weighted by Crippen LogP contribution is 1.96. The van der Waals surface area contributed by atoms with Crippen molar-refractivity contribution in [2.45, 2.75) is 0 Å². The minimum atomic E-state index is -4.35. The Balaban J connectivity index is 3.61. The molecule has 0 saturated carbocycles. The molecule has 0 aromatic rings. The molecule has 0 saturated heterocycles. The van der Waals surface area contributed by atoms with E-state index in [0.717, 1.165) is 0 Å². The smallest absolute Gasteiger partial charge is 0.245 e. The zero-order chi connectivity index (χ0) is 7.33. The number of alkyl halides is 1. The fourth-order valence-electron chi connectivity index (χ4n) is 0.152. The molecule has 0 aromatic carbocycles. The molecule has 0 radical (unpaired) electrons. The Kier molecular flexibility index (Phi) is 4.62. The van der Waals surface area contributed by atoms with Gasteiger partial charge in [-0.1, -0.05) is 22.6 Å². The minimum Gasteiger partial charge on any atom is -0.245 e. The van der Waals surface area contributed by atoms with E-state index in [0.29, 0.717) is 4.43 Å². The van der Waals surface area contributed by atoms with E-state index in [1.807, 2.05) is 22.6 Å². The minimum absolute atomic E-state index is 0.0766. The summed E-state index contributed by atoms with van der Waals surface area (Å²) >= 11 is 1.88. The molecule has 0 bridgehead atoms. The van der Waals surface area contributed by atoms with Crippen LogP contribution < -0.4 is 0 Å². The van der Waals surface area contributed by atoms with Crippen molar-refractivity contribution in [2.24, 2.45) is 0 Å². The molecule has 7 heteroatoms. The lowest BCUT2D eigenvalue weighted by Crippen LogP contribution is -2.06. The molecule has 0 unspecified atom stereocenters. The third-order valence-electron chi connectivity index (χ3n) is 0.382. The first-order chi connectivity index (χ1) is 4.12. The van der Waals surface area contributed by atoms with Crippen LogP contribution in [0.5, 0.6) is 0 Å². The van der Waals surface area contributed by atoms with Gasteiger partial charge in [0.25, 0.3) is 0 Å². The molecule has 0 atom stereocenters. The summed E-state index contributed by atoms with van der Waals surface area (Å²) in [4.78, 5) is 0. The van der Waals surface area contributed by atoms with Crippen LogP contribution in [0.1, 0.15) is 0 Å². The number of rotatable bonds is 4. The van der Waals surface area contributed by atoms with Crippen LogP contribution in [0.4, 0.5) is 4.53 Å². The van der Waals surface area contributed by atoms with Crippen LogP contribution in [-0.2, 0) is 19.0 Å². The summed E-state index contributed by atoms with van der Waals surface area (Å²) in [7, 11) is -4.35. The van der Waals surface area contributed by atoms with E-state index in [4.69, 9.17) is 0 Å². The summed E-state index contributed by atoms with van der Waals surface area (Å²) < 4.78 is 37.6. The van der Waals surface area contributed by atoms with Gasteiger partial charge in [-0.15, -0.1) is 0 Å². The molecular formula is C2H4FIO4S. The van der Waals surface area contributed by atoms with Crippen molar-refractivity contribution in [3.05, 3.63) is 0 Å². The molecule has 0 aliphatic carbocycles. The molecule has 0 aromatic heterocycles. The maximum Gasteiger partial charge on any atom is 0.430 e. The lowest BCUT2D eigenvalue weighted by Gasteiger charge is -1.94. The lowest BCUT2D eigenvalue weighted by molar-refractivity contribution is -0.0172. The highest BCUT2D eigenvalue weighted by molar-refractivity contribution is 14.1. The normalized spacial score (nSPS) is 11.8. The number of hydrogen-bond acceptors (Lipinski definition) is 4. The summed E-state index contributed by atoms with van der Waals surface area (Å²) in [6, 6.07) is 0. The average molecular weight is 270 g/mol. The Hall–Kier alpha value is 0.530. The SMILES string of the molecule is O=S(=O)(OF)OCCI. The second-order valence-corrected chi connectivity index (χ2v) is 3.24. The summed E-state index contributed by atoms with van der Waals surface area (Å²) in [6.45, 7) is -0.0766. The van der Waals surface area contributed by atoms with E-state index in [-0.39, 0.29) is 6.61 Å². The zero-order valence-corrected chi connectivity index (χ0v) is 7.19. The molecule has 0 aliphatic rings. The first kappa shape index (κ1) is 9.53. The van der Waals surface area contributed by atoms with Gasteiger partial charge >= 0.3 is 10.4 Å². The van der Waals surface area contributed by atoms with Crippen LogP contribution in [0.3, 0.4) is 0 Å². The second-order valence-electron chi connectivity index (χ2n) is 0.982. The molecule has 0 aliphatic heterocycles. The molecular weight excluding hydrogens is 266 g/mol. The van der Waals surface area contributed by atoms with E-state index in [2.05, 4.69) is 8.57 Å². The quantitative estimate of drug-likeness (QED) is 0.554. The van der Waals surface area contributed by atoms with Crippen molar-refractivity contribution in [3.8, 4) is 0 Å². The van der Waals surface area contributed by atoms with Crippen LogP contribution >= 0.6 is 22.6 Å². The third-order valence-corrected chi connectivity index (χ3v) is 1.43. The van der Waals surface area contributed by atoms with Crippen molar-refractivity contribution in [1.82, 2.24) is 0 Å². The maximum absolute atomic E-state index is 10.9. The van der Waals surface area contributed by atoms with Gasteiger partial charge < -0.3 is 0 Å². The molecule has 0 amide bonds. The van der Waals surface area contributed by atoms with Crippen LogP contribution in [0.25, 0.3) is 0 Å². The predicted molar refractivity (Wildman–Crippen MR) is 36.0 cm³/mol. The molecule has 0 rings (SSSR count). The average Bonchev–Trinajstić information content (AvgIpc) is 1.84. The second kappa shape index (κ2) is 4.36. The van der Waals surface area contributed by atoms with Crippen molar-refractivity contribution < 1.29 is 21.5 Å². The summed E-state index contributed by atoms with van der Waals surface area (Å²) in [5, 5.41) is 0. The monoisotopic (exact) mass is 270 g/mol. The van der Waals surface area contributed by atoms with Crippen molar-refractivity contribution in [2.75, 3.05) is 11.0 Å². The first-order valence-electron chi connectivity index (χ1n) is 1.88. The Morgan fingerprint density at radius 1 is 1.56 bits per heavy atom. The zero-order valence-electron chi connectivity index (χ0n) is 4.21. The topological polar surface area (TPSA) is 52.6 Å². The molecule has 0 spiro atoms. The molecule has 0 N–H and O–H groups in total. The summed E-state index contributed by atoms with van der Waals surface area (Å²) in [6.07, 6.45) is 0. The van der Waals surface area contributed by atoms with Gasteiger partial charge in [0.2, 0.25) is 0 Å². The molecule has 0 heterocycles. The van der Waals surface area contributed by atoms with Crippen LogP contribution in [0.15, 0.2) is 0 Å². The number of halogens is 2. The largest absolute Gasteiger partial charge is 0.430 e. The van der Waals surface area contributed by atoms with Gasteiger partial charge in [0, 0.05) is 4.43 Å². The van der Waals surface area contributed by atoms with Gasteiger partial charge in [-0.05, 0) is 8.91 Å². The van der Waals surface area contributed by atoms with E-state index in [1.165, 1.54) is 0 Å². The predicted octanol–water partition coefficient (Wildman–Crippen LogP) is 0.584. The Morgan fingerprint density at radius 3 is 2.44 bits per heavy atom. The van der Waals surface area contributed by atoms with E-state index < -0.39 is 10.4 Å². The van der Waals surface area contributed by atoms with Gasteiger partial charge in [-0.2, -0.15) is 8.42 Å². The maximum atomic E-state index is 10.9. The van der Waals surface area contributed by atoms with Gasteiger partial charge in [0.05, 0.1) is 6.61 Å². The fourth-order valence-corrected chi connectivity index (χ4v) is 0.995. The standard InChI is InChI=1S/C2H4FIO4S/c3-8-9(5,6)7-2-1-4/h1-2H2. The summed E-state index contributed by atoms with van der Waals surface area (Å²) in [5.74, 6) is 0. The highest BCUT2D eigenvalue weighted by Gasteiger charge is 2.10. The summed E-state index contributed by atoms with van der Waals surface area (Å²) in [5.41, 5.74) is 0. The Bertz CT molecular complexity index is 154. The first-order valence-corrected chi connectivity index (χ1v) is 4.74. The van der Waals surface area contributed by atoms with Crippen molar-refractivity contribution >= 4 is 33.0 Å². The van der Waals surface area contributed by atoms with Gasteiger partial charge in [-0.3, -0.25) is 0 Å². The van der Waals surface area contributed by atoms with Crippen LogP contribution in [0.2, 0.25) is 0 Å². The highest BCUT2D eigenvalue weighted by atomic mass is 127. The van der Waals surface area contributed by atoms with Gasteiger partial charge in [-0.25, -0.2) is 4.18 Å². The fraction of sp³-hybridized carbons (Fsp3) is 1.00. The molecule has 4 nitrogen and oxygen atoms in total. The van der Waals surface area contributed by atoms with E-state index in [9.17, 15) is 12.9 Å². The molecule has 9 heavy (non-hydrogen) atoms. The lowest BCUT2D eigenvalue weighted by atomic mass is 10.9. The van der Waals surface area contributed by atoms with Crippen LogP contribution in [-0.4, -0.2) is 19.5 Å². The Morgan fingerprint density at radius 2 is 2.11 bits per heavy atom. The number of hydrogen-bond donors (Lipinski definition) is 0. The van der Waals surface area contributed by atoms with E-state index >= 15 is 0 Å². The Labute approximate surface area is 65.7 Å². The van der Waals surface area contributed by atoms with Crippen molar-refractivity contribution in [1.29, 1.82) is 0 Å². The third kappa shape index (κ3) is 5.00. The van der Waals surface area contributed by atoms with Gasteiger partial charge in [0.15, 0.2) is 0 Å².